The Morgan fingerprint density at radius 3 is 2.69 bits per heavy atom. The third-order valence-corrected chi connectivity index (χ3v) is 6.47. The quantitative estimate of drug-likeness (QED) is 0.430. The molecule has 5 rings (SSSR count). The summed E-state index contributed by atoms with van der Waals surface area (Å²) < 4.78 is 11.2. The van der Waals surface area contributed by atoms with Crippen LogP contribution in [0.25, 0.3) is 22.2 Å². The van der Waals surface area contributed by atoms with Crippen LogP contribution in [0.4, 0.5) is 5.13 Å². The summed E-state index contributed by atoms with van der Waals surface area (Å²) in [6.45, 7) is 0.978. The minimum atomic E-state index is -0.211. The molecule has 4 aromatic rings. The molecule has 0 saturated heterocycles. The summed E-state index contributed by atoms with van der Waals surface area (Å²) in [5.41, 5.74) is 2.90. The fraction of sp³-hybridized carbons (Fsp3) is 0.130. The van der Waals surface area contributed by atoms with E-state index >= 15 is 0 Å². The zero-order chi connectivity index (χ0) is 21.9. The fourth-order valence-corrected chi connectivity index (χ4v) is 4.74. The van der Waals surface area contributed by atoms with E-state index in [1.807, 2.05) is 41.8 Å². The van der Waals surface area contributed by atoms with Gasteiger partial charge in [0, 0.05) is 22.4 Å². The molecule has 0 saturated carbocycles. The molecule has 1 aliphatic rings. The van der Waals surface area contributed by atoms with E-state index in [4.69, 9.17) is 9.47 Å². The normalized spacial score (nSPS) is 12.3. The van der Waals surface area contributed by atoms with Gasteiger partial charge in [0.2, 0.25) is 5.91 Å². The van der Waals surface area contributed by atoms with Crippen molar-refractivity contribution in [1.82, 2.24) is 9.97 Å². The number of carbonyl (C=O) groups is 1. The van der Waals surface area contributed by atoms with Crippen LogP contribution in [0.2, 0.25) is 0 Å². The van der Waals surface area contributed by atoms with Gasteiger partial charge in [-0.15, -0.1) is 11.3 Å². The maximum absolute atomic E-state index is 12.5. The molecule has 0 fully saturated rings. The van der Waals surface area contributed by atoms with E-state index in [9.17, 15) is 10.1 Å². The van der Waals surface area contributed by atoms with Crippen LogP contribution in [0.3, 0.4) is 0 Å². The lowest BCUT2D eigenvalue weighted by Crippen LogP contribution is -2.15. The summed E-state index contributed by atoms with van der Waals surface area (Å²) in [7, 11) is 0. The number of benzene rings is 2. The highest BCUT2D eigenvalue weighted by Gasteiger charge is 2.16. The summed E-state index contributed by atoms with van der Waals surface area (Å²) in [5, 5.41) is 16.1. The number of hydrogen-bond acceptors (Lipinski definition) is 8. The number of carbonyl (C=O) groups excluding carboxylic acids is 1. The van der Waals surface area contributed by atoms with Crippen molar-refractivity contribution in [1.29, 1.82) is 5.26 Å². The van der Waals surface area contributed by atoms with Gasteiger partial charge in [0.15, 0.2) is 16.6 Å². The molecule has 0 aliphatic carbocycles. The minimum Gasteiger partial charge on any atom is -0.486 e. The molecule has 2 aromatic heterocycles. The third-order valence-electron chi connectivity index (χ3n) is 4.72. The number of rotatable bonds is 5. The zero-order valence-electron chi connectivity index (χ0n) is 16.7. The summed E-state index contributed by atoms with van der Waals surface area (Å²) in [4.78, 5) is 21.5. The van der Waals surface area contributed by atoms with Crippen LogP contribution in [0.15, 0.2) is 58.9 Å². The van der Waals surface area contributed by atoms with E-state index in [2.05, 4.69) is 21.4 Å². The molecule has 7 nitrogen and oxygen atoms in total. The van der Waals surface area contributed by atoms with E-state index in [-0.39, 0.29) is 11.7 Å². The highest BCUT2D eigenvalue weighted by atomic mass is 32.2. The van der Waals surface area contributed by atoms with E-state index in [0.29, 0.717) is 46.0 Å². The standard InChI is InChI=1S/C23H16N4O3S2/c24-11-16-8-15-9-19-20(30-7-6-29-19)10-17(15)25-22(16)31-13-21(28)27-23-26-18(12-32-23)14-4-2-1-3-5-14/h1-5,8-10,12H,6-7,13H2,(H,26,27,28). The van der Waals surface area contributed by atoms with Gasteiger partial charge in [0.25, 0.3) is 0 Å². The molecule has 0 atom stereocenters. The van der Waals surface area contributed by atoms with Crippen molar-refractivity contribution in [3.63, 3.8) is 0 Å². The molecular weight excluding hydrogens is 444 g/mol. The monoisotopic (exact) mass is 460 g/mol. The van der Waals surface area contributed by atoms with Crippen molar-refractivity contribution in [3.8, 4) is 28.8 Å². The predicted molar refractivity (Wildman–Crippen MR) is 124 cm³/mol. The topological polar surface area (TPSA) is 97.1 Å². The van der Waals surface area contributed by atoms with Crippen molar-refractivity contribution < 1.29 is 14.3 Å². The largest absolute Gasteiger partial charge is 0.486 e. The van der Waals surface area contributed by atoms with Crippen LogP contribution in [-0.2, 0) is 4.79 Å². The molecule has 2 aromatic carbocycles. The number of fused-ring (bicyclic) bond motifs is 2. The molecule has 158 valence electrons. The van der Waals surface area contributed by atoms with Crippen LogP contribution < -0.4 is 14.8 Å². The number of nitriles is 1. The number of hydrogen-bond donors (Lipinski definition) is 1. The fourth-order valence-electron chi connectivity index (χ4n) is 3.25. The van der Waals surface area contributed by atoms with Gasteiger partial charge in [-0.3, -0.25) is 4.79 Å². The van der Waals surface area contributed by atoms with Crippen molar-refractivity contribution in [3.05, 3.63) is 59.5 Å². The molecule has 0 bridgehead atoms. The molecule has 0 spiro atoms. The van der Waals surface area contributed by atoms with Crippen molar-refractivity contribution in [2.24, 2.45) is 0 Å². The number of amides is 1. The van der Waals surface area contributed by atoms with Gasteiger partial charge in [-0.25, -0.2) is 9.97 Å². The average molecular weight is 461 g/mol. The Bertz CT molecular complexity index is 1350. The molecule has 1 amide bonds. The van der Waals surface area contributed by atoms with E-state index < -0.39 is 0 Å². The third kappa shape index (κ3) is 4.23. The number of thioether (sulfide) groups is 1. The molecule has 1 aliphatic heterocycles. The average Bonchev–Trinajstić information content (AvgIpc) is 3.29. The molecular formula is C23H16N4O3S2. The number of nitrogens with one attached hydrogen (secondary N) is 1. The number of pyridine rings is 1. The summed E-state index contributed by atoms with van der Waals surface area (Å²) in [6.07, 6.45) is 0. The number of thiazole rings is 1. The Labute approximate surface area is 192 Å². The van der Waals surface area contributed by atoms with E-state index in [1.165, 1.54) is 23.1 Å². The molecule has 0 unspecified atom stereocenters. The van der Waals surface area contributed by atoms with E-state index in [1.54, 1.807) is 12.1 Å². The van der Waals surface area contributed by atoms with Gasteiger partial charge in [-0.1, -0.05) is 42.1 Å². The van der Waals surface area contributed by atoms with Gasteiger partial charge >= 0.3 is 0 Å². The second kappa shape index (κ2) is 8.86. The Morgan fingerprint density at radius 2 is 1.91 bits per heavy atom. The summed E-state index contributed by atoms with van der Waals surface area (Å²) in [5.74, 6) is 1.18. The maximum Gasteiger partial charge on any atom is 0.236 e. The first-order valence-corrected chi connectivity index (χ1v) is 11.6. The zero-order valence-corrected chi connectivity index (χ0v) is 18.3. The highest BCUT2D eigenvalue weighted by Crippen LogP contribution is 2.35. The lowest BCUT2D eigenvalue weighted by molar-refractivity contribution is -0.113. The van der Waals surface area contributed by atoms with Crippen molar-refractivity contribution in [2.75, 3.05) is 24.3 Å². The van der Waals surface area contributed by atoms with Crippen molar-refractivity contribution >= 4 is 45.0 Å². The number of anilines is 1. The second-order valence-electron chi connectivity index (χ2n) is 6.88. The smallest absolute Gasteiger partial charge is 0.236 e. The van der Waals surface area contributed by atoms with Gasteiger partial charge in [0.1, 0.15) is 24.3 Å². The molecule has 1 N–H and O–H groups in total. The first kappa shape index (κ1) is 20.3. The Morgan fingerprint density at radius 1 is 1.12 bits per heavy atom. The first-order valence-electron chi connectivity index (χ1n) is 9.78. The van der Waals surface area contributed by atoms with Gasteiger partial charge in [-0.05, 0) is 12.1 Å². The minimum absolute atomic E-state index is 0.109. The second-order valence-corrected chi connectivity index (χ2v) is 8.70. The summed E-state index contributed by atoms with van der Waals surface area (Å²) >= 11 is 2.58. The predicted octanol–water partition coefficient (Wildman–Crippen LogP) is 4.73. The van der Waals surface area contributed by atoms with E-state index in [0.717, 1.165) is 16.6 Å². The number of nitrogens with zero attached hydrogens (tertiary/aromatic N) is 3. The molecule has 9 heteroatoms. The number of ether oxygens (including phenoxy) is 2. The van der Waals surface area contributed by atoms with Crippen molar-refractivity contribution in [2.45, 2.75) is 5.03 Å². The first-order chi connectivity index (χ1) is 15.7. The van der Waals surface area contributed by atoms with Gasteiger partial charge < -0.3 is 14.8 Å². The number of aromatic nitrogens is 2. The Balaban J connectivity index is 1.29. The highest BCUT2D eigenvalue weighted by molar-refractivity contribution is 8.00. The SMILES string of the molecule is N#Cc1cc2cc3c(cc2nc1SCC(=O)Nc1nc(-c2ccccc2)cs1)OCCO3. The molecule has 3 heterocycles. The van der Waals surface area contributed by atoms with Crippen LogP contribution in [0.1, 0.15) is 5.56 Å². The molecule has 0 radical (unpaired) electrons. The Kier molecular flexibility index (Phi) is 5.62. The van der Waals surface area contributed by atoms with Gasteiger partial charge in [0.05, 0.1) is 22.5 Å². The van der Waals surface area contributed by atoms with Crippen LogP contribution in [0, 0.1) is 11.3 Å². The lowest BCUT2D eigenvalue weighted by Gasteiger charge is -2.18. The van der Waals surface area contributed by atoms with Gasteiger partial charge in [-0.2, -0.15) is 5.26 Å². The maximum atomic E-state index is 12.5. The lowest BCUT2D eigenvalue weighted by atomic mass is 10.1. The summed E-state index contributed by atoms with van der Waals surface area (Å²) in [6, 6.07) is 17.3. The van der Waals surface area contributed by atoms with Crippen LogP contribution in [0.5, 0.6) is 11.5 Å². The van der Waals surface area contributed by atoms with Crippen LogP contribution in [-0.4, -0.2) is 34.8 Å². The Hall–Kier alpha value is -3.61. The molecule has 32 heavy (non-hydrogen) atoms. The van der Waals surface area contributed by atoms with Crippen LogP contribution >= 0.6 is 23.1 Å².